The van der Waals surface area contributed by atoms with Gasteiger partial charge in [0.2, 0.25) is 5.56 Å². The van der Waals surface area contributed by atoms with Gasteiger partial charge in [-0.25, -0.2) is 0 Å². The minimum atomic E-state index is -0.0430. The van der Waals surface area contributed by atoms with Crippen LogP contribution in [0.25, 0.3) is 0 Å². The fourth-order valence-corrected chi connectivity index (χ4v) is 2.20. The second kappa shape index (κ2) is 4.35. The average molecular weight is 258 g/mol. The Balaban J connectivity index is 1.86. The third-order valence-corrected chi connectivity index (χ3v) is 3.20. The Hall–Kier alpha value is -2.43. The topological polar surface area (TPSA) is 63.5 Å². The summed E-state index contributed by atoms with van der Waals surface area (Å²) in [7, 11) is 1.71. The molecule has 0 aliphatic carbocycles. The molecule has 1 aromatic carbocycles. The number of nitrogens with zero attached hydrogens (tertiary/aromatic N) is 1. The second-order valence-corrected chi connectivity index (χ2v) is 4.60. The third kappa shape index (κ3) is 2.14. The van der Waals surface area contributed by atoms with Gasteiger partial charge in [0, 0.05) is 30.9 Å². The van der Waals surface area contributed by atoms with Crippen molar-refractivity contribution in [2.75, 3.05) is 11.9 Å². The van der Waals surface area contributed by atoms with E-state index in [1.165, 1.54) is 10.6 Å². The van der Waals surface area contributed by atoms with Gasteiger partial charge in [-0.05, 0) is 18.2 Å². The zero-order valence-corrected chi connectivity index (χ0v) is 10.5. The lowest BCUT2D eigenvalue weighted by Gasteiger charge is -2.13. The molecule has 2 N–H and O–H groups in total. The number of phenolic OH excluding ortho intramolecular Hbond substituents is 1. The number of aromatic nitrogens is 1. The average Bonchev–Trinajstić information content (AvgIpc) is 2.76. The van der Waals surface area contributed by atoms with Crippen LogP contribution in [-0.2, 0) is 7.05 Å². The molecule has 0 saturated heterocycles. The summed E-state index contributed by atoms with van der Waals surface area (Å²) in [6.07, 6.45) is 1.75. The molecule has 1 aromatic heterocycles. The van der Waals surface area contributed by atoms with Gasteiger partial charge in [-0.2, -0.15) is 0 Å². The van der Waals surface area contributed by atoms with Gasteiger partial charge in [-0.15, -0.1) is 0 Å². The lowest BCUT2D eigenvalue weighted by Crippen LogP contribution is -2.17. The summed E-state index contributed by atoms with van der Waals surface area (Å²) >= 11 is 0. The van der Waals surface area contributed by atoms with Crippen LogP contribution >= 0.6 is 0 Å². The van der Waals surface area contributed by atoms with Crippen molar-refractivity contribution in [3.8, 4) is 11.5 Å². The Labute approximate surface area is 110 Å². The van der Waals surface area contributed by atoms with Gasteiger partial charge in [0.15, 0.2) is 0 Å². The molecule has 0 amide bonds. The van der Waals surface area contributed by atoms with E-state index in [0.717, 1.165) is 11.3 Å². The molecule has 5 heteroatoms. The summed E-state index contributed by atoms with van der Waals surface area (Å²) in [5.74, 6) is 0.892. The molecule has 1 atom stereocenters. The van der Waals surface area contributed by atoms with Gasteiger partial charge in [0.05, 0.1) is 11.7 Å². The summed E-state index contributed by atoms with van der Waals surface area (Å²) in [5.41, 5.74) is 1.82. The molecular formula is C14H14N2O3. The van der Waals surface area contributed by atoms with Crippen molar-refractivity contribution in [1.82, 2.24) is 4.57 Å². The summed E-state index contributed by atoms with van der Waals surface area (Å²) in [5, 5.41) is 12.7. The number of fused-ring (bicyclic) bond motifs is 1. The predicted octanol–water partition coefficient (Wildman–Crippen LogP) is 1.64. The molecule has 0 radical (unpaired) electrons. The van der Waals surface area contributed by atoms with Crippen LogP contribution in [0.1, 0.15) is 11.6 Å². The van der Waals surface area contributed by atoms with E-state index >= 15 is 0 Å². The number of phenols is 1. The van der Waals surface area contributed by atoms with E-state index in [4.69, 9.17) is 4.74 Å². The lowest BCUT2D eigenvalue weighted by atomic mass is 10.1. The Kier molecular flexibility index (Phi) is 2.67. The summed E-state index contributed by atoms with van der Waals surface area (Å²) < 4.78 is 7.05. The summed E-state index contributed by atoms with van der Waals surface area (Å²) in [6, 6.07) is 8.39. The van der Waals surface area contributed by atoms with E-state index in [1.54, 1.807) is 31.4 Å². The quantitative estimate of drug-likeness (QED) is 0.859. The molecule has 19 heavy (non-hydrogen) atoms. The molecule has 0 spiro atoms. The fraction of sp³-hybridized carbons (Fsp3) is 0.214. The summed E-state index contributed by atoms with van der Waals surface area (Å²) in [6.45, 7) is 0.502. The van der Waals surface area contributed by atoms with Gasteiger partial charge in [-0.1, -0.05) is 0 Å². The van der Waals surface area contributed by atoms with Crippen LogP contribution in [0.4, 0.5) is 5.69 Å². The van der Waals surface area contributed by atoms with E-state index in [9.17, 15) is 9.90 Å². The number of pyridine rings is 1. The van der Waals surface area contributed by atoms with Gasteiger partial charge in [0.1, 0.15) is 18.1 Å². The van der Waals surface area contributed by atoms with Crippen LogP contribution in [0.5, 0.6) is 11.5 Å². The maximum atomic E-state index is 11.3. The number of benzene rings is 1. The Morgan fingerprint density at radius 3 is 3.00 bits per heavy atom. The SMILES string of the molecule is Cn1cc(NC2COc3cc(O)ccc32)ccc1=O. The number of rotatable bonds is 2. The Bertz CT molecular complexity index is 679. The van der Waals surface area contributed by atoms with Crippen molar-refractivity contribution in [1.29, 1.82) is 0 Å². The molecule has 3 rings (SSSR count). The molecular weight excluding hydrogens is 244 g/mol. The zero-order valence-electron chi connectivity index (χ0n) is 10.5. The van der Waals surface area contributed by atoms with Crippen molar-refractivity contribution in [2.24, 2.45) is 7.05 Å². The van der Waals surface area contributed by atoms with Gasteiger partial charge >= 0.3 is 0 Å². The largest absolute Gasteiger partial charge is 0.508 e. The number of nitrogens with one attached hydrogen (secondary N) is 1. The smallest absolute Gasteiger partial charge is 0.250 e. The molecule has 0 saturated carbocycles. The maximum Gasteiger partial charge on any atom is 0.250 e. The first kappa shape index (κ1) is 11.6. The van der Waals surface area contributed by atoms with Gasteiger partial charge in [0.25, 0.3) is 0 Å². The Morgan fingerprint density at radius 1 is 1.37 bits per heavy atom. The van der Waals surface area contributed by atoms with Crippen LogP contribution in [0.3, 0.4) is 0 Å². The highest BCUT2D eigenvalue weighted by Crippen LogP contribution is 2.36. The first-order valence-electron chi connectivity index (χ1n) is 6.02. The first-order chi connectivity index (χ1) is 9.13. The molecule has 98 valence electrons. The number of hydrogen-bond acceptors (Lipinski definition) is 4. The molecule has 0 bridgehead atoms. The number of ether oxygens (including phenoxy) is 1. The van der Waals surface area contributed by atoms with E-state index in [2.05, 4.69) is 5.32 Å². The highest BCUT2D eigenvalue weighted by Gasteiger charge is 2.24. The lowest BCUT2D eigenvalue weighted by molar-refractivity contribution is 0.338. The molecule has 5 nitrogen and oxygen atoms in total. The fourth-order valence-electron chi connectivity index (χ4n) is 2.20. The molecule has 1 aliphatic heterocycles. The van der Waals surface area contributed by atoms with Crippen LogP contribution in [0.15, 0.2) is 41.3 Å². The van der Waals surface area contributed by atoms with Crippen molar-refractivity contribution in [2.45, 2.75) is 6.04 Å². The van der Waals surface area contributed by atoms with Crippen molar-refractivity contribution >= 4 is 5.69 Å². The van der Waals surface area contributed by atoms with Crippen LogP contribution in [0.2, 0.25) is 0 Å². The molecule has 1 aliphatic rings. The van der Waals surface area contributed by atoms with E-state index in [-0.39, 0.29) is 17.4 Å². The van der Waals surface area contributed by atoms with Crippen LogP contribution in [-0.4, -0.2) is 16.3 Å². The van der Waals surface area contributed by atoms with Crippen molar-refractivity contribution in [3.05, 3.63) is 52.4 Å². The standard InChI is InChI=1S/C14H14N2O3/c1-16-7-9(2-5-14(16)18)15-12-8-19-13-6-10(17)3-4-11(12)13/h2-7,12,15,17H,8H2,1H3. The van der Waals surface area contributed by atoms with Crippen LogP contribution < -0.4 is 15.6 Å². The number of anilines is 1. The number of hydrogen-bond donors (Lipinski definition) is 2. The first-order valence-corrected chi connectivity index (χ1v) is 6.02. The van der Waals surface area contributed by atoms with E-state index in [1.807, 2.05) is 6.07 Å². The normalized spacial score (nSPS) is 16.8. The van der Waals surface area contributed by atoms with E-state index in [0.29, 0.717) is 12.4 Å². The maximum absolute atomic E-state index is 11.3. The van der Waals surface area contributed by atoms with Gasteiger partial charge < -0.3 is 19.7 Å². The van der Waals surface area contributed by atoms with Crippen molar-refractivity contribution < 1.29 is 9.84 Å². The minimum Gasteiger partial charge on any atom is -0.508 e. The Morgan fingerprint density at radius 2 is 2.21 bits per heavy atom. The summed E-state index contributed by atoms with van der Waals surface area (Å²) in [4.78, 5) is 11.3. The van der Waals surface area contributed by atoms with Gasteiger partial charge in [-0.3, -0.25) is 4.79 Å². The molecule has 2 aromatic rings. The number of aromatic hydroxyl groups is 1. The predicted molar refractivity (Wildman–Crippen MR) is 71.6 cm³/mol. The van der Waals surface area contributed by atoms with Crippen molar-refractivity contribution in [3.63, 3.8) is 0 Å². The monoisotopic (exact) mass is 258 g/mol. The van der Waals surface area contributed by atoms with E-state index < -0.39 is 0 Å². The third-order valence-electron chi connectivity index (χ3n) is 3.20. The highest BCUT2D eigenvalue weighted by atomic mass is 16.5. The molecule has 2 heterocycles. The second-order valence-electron chi connectivity index (χ2n) is 4.60. The molecule has 0 fully saturated rings. The minimum absolute atomic E-state index is 0.0214. The zero-order chi connectivity index (χ0) is 13.4. The highest BCUT2D eigenvalue weighted by molar-refractivity contribution is 5.50. The molecule has 1 unspecified atom stereocenters. The number of aryl methyl sites for hydroxylation is 1. The van der Waals surface area contributed by atoms with Crippen LogP contribution in [0, 0.1) is 0 Å².